The summed E-state index contributed by atoms with van der Waals surface area (Å²) in [5.74, 6) is 0.974. The van der Waals surface area contributed by atoms with Crippen LogP contribution >= 0.6 is 12.2 Å². The van der Waals surface area contributed by atoms with Gasteiger partial charge in [0.05, 0.1) is 0 Å². The molecule has 1 saturated heterocycles. The van der Waals surface area contributed by atoms with Gasteiger partial charge in [0.2, 0.25) is 5.95 Å². The van der Waals surface area contributed by atoms with E-state index in [0.29, 0.717) is 22.9 Å². The molecule has 2 heterocycles. The number of rotatable bonds is 2. The molecule has 0 radical (unpaired) electrons. The Morgan fingerprint density at radius 3 is 2.33 bits per heavy atom. The van der Waals surface area contributed by atoms with Gasteiger partial charge in [-0.25, -0.2) is 5.10 Å². The number of hydrogen-bond acceptors (Lipinski definition) is 4. The van der Waals surface area contributed by atoms with Gasteiger partial charge in [-0.15, -0.1) is 5.10 Å². The third kappa shape index (κ3) is 2.31. The van der Waals surface area contributed by atoms with Crippen LogP contribution in [0.2, 0.25) is 0 Å². The Kier molecular flexibility index (Phi) is 3.77. The van der Waals surface area contributed by atoms with Crippen molar-refractivity contribution in [1.82, 2.24) is 19.7 Å². The van der Waals surface area contributed by atoms with Crippen molar-refractivity contribution in [3.05, 3.63) is 4.77 Å². The number of nitrogens with one attached hydrogen (secondary N) is 1. The second-order valence-corrected chi connectivity index (χ2v) is 5.95. The van der Waals surface area contributed by atoms with Crippen LogP contribution in [-0.4, -0.2) is 51.9 Å². The predicted octanol–water partition coefficient (Wildman–Crippen LogP) is 2.05. The van der Waals surface area contributed by atoms with Gasteiger partial charge in [0.15, 0.2) is 4.77 Å². The number of H-pyrrole nitrogens is 1. The molecule has 0 aliphatic carbocycles. The molecule has 0 saturated carbocycles. The number of aromatic amines is 1. The average molecular weight is 269 g/mol. The highest BCUT2D eigenvalue weighted by molar-refractivity contribution is 7.71. The zero-order valence-electron chi connectivity index (χ0n) is 11.8. The topological polar surface area (TPSA) is 40.1 Å². The maximum absolute atomic E-state index is 5.31. The Bertz CT molecular complexity index is 451. The van der Waals surface area contributed by atoms with Gasteiger partial charge in [-0.3, -0.25) is 9.47 Å². The van der Waals surface area contributed by atoms with E-state index in [1.165, 1.54) is 0 Å². The van der Waals surface area contributed by atoms with Crippen LogP contribution in [0, 0.1) is 4.77 Å². The molecule has 5 nitrogen and oxygen atoms in total. The van der Waals surface area contributed by atoms with Crippen LogP contribution in [0.3, 0.4) is 0 Å². The van der Waals surface area contributed by atoms with Crippen molar-refractivity contribution in [2.24, 2.45) is 0 Å². The molecule has 0 aromatic carbocycles. The van der Waals surface area contributed by atoms with E-state index in [2.05, 4.69) is 59.3 Å². The maximum Gasteiger partial charge on any atom is 0.226 e. The lowest BCUT2D eigenvalue weighted by Crippen LogP contribution is -2.55. The zero-order chi connectivity index (χ0) is 13.4. The van der Waals surface area contributed by atoms with E-state index in [1.54, 1.807) is 0 Å². The van der Waals surface area contributed by atoms with E-state index in [-0.39, 0.29) is 0 Å². The fourth-order valence-corrected chi connectivity index (χ4v) is 2.89. The van der Waals surface area contributed by atoms with Crippen molar-refractivity contribution < 1.29 is 0 Å². The molecular formula is C12H23N5S. The molecule has 0 bridgehead atoms. The Labute approximate surface area is 114 Å². The van der Waals surface area contributed by atoms with E-state index >= 15 is 0 Å². The van der Waals surface area contributed by atoms with E-state index < -0.39 is 0 Å². The Morgan fingerprint density at radius 2 is 1.83 bits per heavy atom. The molecule has 2 atom stereocenters. The molecule has 1 fully saturated rings. The fraction of sp³-hybridized carbons (Fsp3) is 0.833. The lowest BCUT2D eigenvalue weighted by atomic mass is 10.1. The maximum atomic E-state index is 5.31. The first-order valence-electron chi connectivity index (χ1n) is 6.55. The molecule has 6 heteroatoms. The smallest absolute Gasteiger partial charge is 0.226 e. The minimum Gasteiger partial charge on any atom is -0.338 e. The summed E-state index contributed by atoms with van der Waals surface area (Å²) < 4.78 is 2.80. The molecule has 2 unspecified atom stereocenters. The standard InChI is InChI=1S/C12H23N5S/c1-8(2)17-11(13-14-12(17)18)16-6-9(3)15(5)10(4)7-16/h8-10H,6-7H2,1-5H3,(H,14,18). The van der Waals surface area contributed by atoms with Crippen molar-refractivity contribution >= 4 is 18.2 Å². The number of piperazine rings is 1. The van der Waals surface area contributed by atoms with Crippen molar-refractivity contribution in [3.63, 3.8) is 0 Å². The third-order valence-electron chi connectivity index (χ3n) is 3.84. The molecule has 18 heavy (non-hydrogen) atoms. The summed E-state index contributed by atoms with van der Waals surface area (Å²) in [6.45, 7) is 10.8. The lowest BCUT2D eigenvalue weighted by Gasteiger charge is -2.42. The minimum absolute atomic E-state index is 0.330. The summed E-state index contributed by atoms with van der Waals surface area (Å²) in [4.78, 5) is 4.75. The normalized spacial score (nSPS) is 26.0. The molecule has 1 aliphatic heterocycles. The quantitative estimate of drug-likeness (QED) is 0.834. The van der Waals surface area contributed by atoms with Crippen molar-refractivity contribution in [1.29, 1.82) is 0 Å². The Balaban J connectivity index is 2.30. The average Bonchev–Trinajstić information content (AvgIpc) is 2.67. The molecule has 2 rings (SSSR count). The van der Waals surface area contributed by atoms with Gasteiger partial charge in [-0.1, -0.05) is 0 Å². The van der Waals surface area contributed by atoms with Crippen LogP contribution in [0.5, 0.6) is 0 Å². The third-order valence-corrected chi connectivity index (χ3v) is 4.13. The Morgan fingerprint density at radius 1 is 1.28 bits per heavy atom. The van der Waals surface area contributed by atoms with E-state index in [1.807, 2.05) is 0 Å². The highest BCUT2D eigenvalue weighted by Crippen LogP contribution is 2.22. The van der Waals surface area contributed by atoms with Gasteiger partial charge < -0.3 is 4.90 Å². The number of likely N-dealkylation sites (N-methyl/N-ethyl adjacent to an activating group) is 1. The highest BCUT2D eigenvalue weighted by atomic mass is 32.1. The molecule has 1 aromatic rings. The number of anilines is 1. The van der Waals surface area contributed by atoms with Crippen LogP contribution in [-0.2, 0) is 0 Å². The minimum atomic E-state index is 0.330. The first-order chi connectivity index (χ1) is 8.41. The predicted molar refractivity (Wildman–Crippen MR) is 76.7 cm³/mol. The van der Waals surface area contributed by atoms with Crippen LogP contribution in [0.25, 0.3) is 0 Å². The molecule has 102 valence electrons. The van der Waals surface area contributed by atoms with Crippen LogP contribution in [0.4, 0.5) is 5.95 Å². The molecule has 1 N–H and O–H groups in total. The fourth-order valence-electron chi connectivity index (χ4n) is 2.55. The van der Waals surface area contributed by atoms with Gasteiger partial charge in [-0.2, -0.15) is 0 Å². The van der Waals surface area contributed by atoms with E-state index in [0.717, 1.165) is 19.0 Å². The van der Waals surface area contributed by atoms with Gasteiger partial charge in [0.1, 0.15) is 0 Å². The zero-order valence-corrected chi connectivity index (χ0v) is 12.7. The largest absolute Gasteiger partial charge is 0.338 e. The first-order valence-corrected chi connectivity index (χ1v) is 6.96. The van der Waals surface area contributed by atoms with Crippen LogP contribution in [0.1, 0.15) is 33.7 Å². The molecule has 1 aromatic heterocycles. The second kappa shape index (κ2) is 5.01. The summed E-state index contributed by atoms with van der Waals surface area (Å²) in [5, 5.41) is 7.33. The van der Waals surface area contributed by atoms with E-state index in [9.17, 15) is 0 Å². The van der Waals surface area contributed by atoms with Crippen molar-refractivity contribution in [2.45, 2.75) is 45.8 Å². The monoisotopic (exact) mass is 269 g/mol. The van der Waals surface area contributed by atoms with Crippen molar-refractivity contribution in [2.75, 3.05) is 25.0 Å². The van der Waals surface area contributed by atoms with Crippen molar-refractivity contribution in [3.8, 4) is 0 Å². The number of aromatic nitrogens is 3. The van der Waals surface area contributed by atoms with Gasteiger partial charge >= 0.3 is 0 Å². The summed E-state index contributed by atoms with van der Waals surface area (Å²) in [7, 11) is 2.19. The molecular weight excluding hydrogens is 246 g/mol. The summed E-state index contributed by atoms with van der Waals surface area (Å²) in [5.41, 5.74) is 0. The first kappa shape index (κ1) is 13.5. The van der Waals surface area contributed by atoms with E-state index in [4.69, 9.17) is 12.2 Å². The van der Waals surface area contributed by atoms with Gasteiger partial charge in [-0.05, 0) is 47.0 Å². The SMILES string of the molecule is CC1CN(c2n[nH]c(=S)n2C(C)C)CC(C)N1C. The summed E-state index contributed by atoms with van der Waals surface area (Å²) in [6, 6.07) is 1.38. The second-order valence-electron chi connectivity index (χ2n) is 5.56. The number of nitrogens with zero attached hydrogens (tertiary/aromatic N) is 4. The molecule has 0 amide bonds. The summed E-state index contributed by atoms with van der Waals surface area (Å²) in [6.07, 6.45) is 0. The summed E-state index contributed by atoms with van der Waals surface area (Å²) >= 11 is 5.31. The lowest BCUT2D eigenvalue weighted by molar-refractivity contribution is 0.168. The van der Waals surface area contributed by atoms with Gasteiger partial charge in [0.25, 0.3) is 0 Å². The molecule has 0 spiro atoms. The number of hydrogen-bond donors (Lipinski definition) is 1. The van der Waals surface area contributed by atoms with Crippen LogP contribution < -0.4 is 4.90 Å². The van der Waals surface area contributed by atoms with Gasteiger partial charge in [0, 0.05) is 31.2 Å². The van der Waals surface area contributed by atoms with Crippen LogP contribution in [0.15, 0.2) is 0 Å². The Hall–Kier alpha value is -0.880. The molecule has 1 aliphatic rings. The highest BCUT2D eigenvalue weighted by Gasteiger charge is 2.29.